The van der Waals surface area contributed by atoms with E-state index in [4.69, 9.17) is 0 Å². The van der Waals surface area contributed by atoms with Crippen LogP contribution in [0.1, 0.15) is 19.8 Å². The molecule has 0 aliphatic carbocycles. The van der Waals surface area contributed by atoms with Gasteiger partial charge in [0.25, 0.3) is 0 Å². The van der Waals surface area contributed by atoms with Crippen LogP contribution in [0.15, 0.2) is 0 Å². The highest BCUT2D eigenvalue weighted by molar-refractivity contribution is 5.82. The molecule has 0 aromatic heterocycles. The summed E-state index contributed by atoms with van der Waals surface area (Å²) >= 11 is 0. The average molecular weight is 306 g/mol. The summed E-state index contributed by atoms with van der Waals surface area (Å²) in [5.74, 6) is -3.13. The van der Waals surface area contributed by atoms with Gasteiger partial charge in [-0.15, -0.1) is 0 Å². The zero-order valence-corrected chi connectivity index (χ0v) is 10.3. The molecule has 1 aliphatic heterocycles. The van der Waals surface area contributed by atoms with Gasteiger partial charge in [0.15, 0.2) is 0 Å². The molecule has 1 heterocycles. The van der Waals surface area contributed by atoms with Crippen LogP contribution in [0.3, 0.4) is 0 Å². The average Bonchev–Trinajstić information content (AvgIpc) is 2.25. The molecule has 0 unspecified atom stereocenters. The number of amides is 2. The van der Waals surface area contributed by atoms with Crippen LogP contribution in [0.5, 0.6) is 0 Å². The van der Waals surface area contributed by atoms with Crippen molar-refractivity contribution >= 4 is 11.8 Å². The lowest BCUT2D eigenvalue weighted by molar-refractivity contribution is -0.197. The highest BCUT2D eigenvalue weighted by Crippen LogP contribution is 2.32. The molecule has 2 amide bonds. The van der Waals surface area contributed by atoms with E-state index >= 15 is 0 Å². The third kappa shape index (κ3) is 4.01. The number of piperidine rings is 1. The van der Waals surface area contributed by atoms with Gasteiger partial charge in [0.05, 0.1) is 0 Å². The predicted molar refractivity (Wildman–Crippen MR) is 54.4 cm³/mol. The molecule has 20 heavy (non-hydrogen) atoms. The van der Waals surface area contributed by atoms with E-state index in [1.54, 1.807) is 5.32 Å². The van der Waals surface area contributed by atoms with E-state index in [1.807, 2.05) is 0 Å². The zero-order valence-electron chi connectivity index (χ0n) is 10.3. The number of halogens is 6. The number of carbonyl (C=O) groups excluding carboxylic acids is 2. The second-order valence-corrected chi connectivity index (χ2v) is 4.47. The quantitative estimate of drug-likeness (QED) is 0.748. The lowest BCUT2D eigenvalue weighted by Gasteiger charge is -2.40. The first-order valence-electron chi connectivity index (χ1n) is 5.64. The maximum Gasteiger partial charge on any atom is 0.471 e. The minimum absolute atomic E-state index is 0.282. The van der Waals surface area contributed by atoms with E-state index in [-0.39, 0.29) is 6.42 Å². The summed E-state index contributed by atoms with van der Waals surface area (Å²) < 4.78 is 74.2. The van der Waals surface area contributed by atoms with E-state index < -0.39 is 49.2 Å². The van der Waals surface area contributed by atoms with E-state index in [2.05, 4.69) is 0 Å². The van der Waals surface area contributed by atoms with Gasteiger partial charge in [-0.1, -0.05) is 0 Å². The Morgan fingerprint density at radius 3 is 2.05 bits per heavy atom. The Balaban J connectivity index is 2.75. The summed E-state index contributed by atoms with van der Waals surface area (Å²) in [6.45, 7) is 0.300. The summed E-state index contributed by atoms with van der Waals surface area (Å²) in [5, 5.41) is 1.59. The number of nitrogens with zero attached hydrogens (tertiary/aromatic N) is 1. The number of likely N-dealkylation sites (tertiary alicyclic amines) is 1. The van der Waals surface area contributed by atoms with E-state index in [0.717, 1.165) is 6.92 Å². The smallest absolute Gasteiger partial charge is 0.344 e. The molecule has 0 radical (unpaired) electrons. The zero-order chi connectivity index (χ0) is 15.7. The molecule has 116 valence electrons. The lowest BCUT2D eigenvalue weighted by atomic mass is 9.97. The number of hydrogen-bond donors (Lipinski definition) is 1. The van der Waals surface area contributed by atoms with Crippen LogP contribution in [-0.4, -0.2) is 47.7 Å². The standard InChI is InChI=1S/C10H12F6N2O2/c1-5(19)18-4-6(17-8(20)10(14,15)16)2-3-7(18)9(11,12)13/h6-7H,2-4H2,1H3,(H,17,20)/t6-,7+/m1/s1. The summed E-state index contributed by atoms with van der Waals surface area (Å²) in [7, 11) is 0. The van der Waals surface area contributed by atoms with Crippen LogP contribution < -0.4 is 5.32 Å². The third-order valence-electron chi connectivity index (χ3n) is 2.96. The van der Waals surface area contributed by atoms with Gasteiger partial charge in [-0.05, 0) is 12.8 Å². The Hall–Kier alpha value is -1.48. The van der Waals surface area contributed by atoms with Crippen molar-refractivity contribution in [3.63, 3.8) is 0 Å². The second-order valence-electron chi connectivity index (χ2n) is 4.47. The first-order chi connectivity index (χ1) is 8.93. The maximum atomic E-state index is 12.7. The SMILES string of the molecule is CC(=O)N1C[C@H](NC(=O)C(F)(F)F)CC[C@H]1C(F)(F)F. The molecule has 1 N–H and O–H groups in total. The van der Waals surface area contributed by atoms with Crippen LogP contribution >= 0.6 is 0 Å². The molecule has 0 aromatic rings. The van der Waals surface area contributed by atoms with Gasteiger partial charge in [-0.25, -0.2) is 0 Å². The molecule has 1 aliphatic rings. The first kappa shape index (κ1) is 16.6. The van der Waals surface area contributed by atoms with Crippen molar-refractivity contribution in [3.05, 3.63) is 0 Å². The molecule has 1 saturated heterocycles. The number of carbonyl (C=O) groups is 2. The van der Waals surface area contributed by atoms with Crippen molar-refractivity contribution < 1.29 is 35.9 Å². The molecule has 4 nitrogen and oxygen atoms in total. The van der Waals surface area contributed by atoms with Crippen LogP contribution in [0.25, 0.3) is 0 Å². The van der Waals surface area contributed by atoms with Crippen molar-refractivity contribution in [3.8, 4) is 0 Å². The topological polar surface area (TPSA) is 49.4 Å². The maximum absolute atomic E-state index is 12.7. The number of alkyl halides is 6. The molecule has 2 atom stereocenters. The molecule has 0 spiro atoms. The van der Waals surface area contributed by atoms with Crippen LogP contribution in [-0.2, 0) is 9.59 Å². The second kappa shape index (κ2) is 5.49. The largest absolute Gasteiger partial charge is 0.471 e. The van der Waals surface area contributed by atoms with E-state index in [9.17, 15) is 35.9 Å². The number of rotatable bonds is 1. The van der Waals surface area contributed by atoms with Crippen molar-refractivity contribution in [1.82, 2.24) is 10.2 Å². The van der Waals surface area contributed by atoms with Gasteiger partial charge in [0.1, 0.15) is 6.04 Å². The monoisotopic (exact) mass is 306 g/mol. The van der Waals surface area contributed by atoms with Crippen LogP contribution in [0.4, 0.5) is 26.3 Å². The summed E-state index contributed by atoms with van der Waals surface area (Å²) in [6.07, 6.45) is -10.6. The Bertz CT molecular complexity index is 392. The fraction of sp³-hybridized carbons (Fsp3) is 0.800. The normalized spacial score (nSPS) is 24.4. The van der Waals surface area contributed by atoms with Crippen LogP contribution in [0.2, 0.25) is 0 Å². The van der Waals surface area contributed by atoms with Gasteiger partial charge in [0, 0.05) is 19.5 Å². The van der Waals surface area contributed by atoms with Gasteiger partial charge in [-0.2, -0.15) is 26.3 Å². The summed E-state index contributed by atoms with van der Waals surface area (Å²) in [5.41, 5.74) is 0. The van der Waals surface area contributed by atoms with Crippen molar-refractivity contribution in [2.75, 3.05) is 6.54 Å². The number of nitrogens with one attached hydrogen (secondary N) is 1. The highest BCUT2D eigenvalue weighted by atomic mass is 19.4. The molecule has 1 fully saturated rings. The molecule has 0 bridgehead atoms. The molecule has 1 rings (SSSR count). The minimum Gasteiger partial charge on any atom is -0.344 e. The Morgan fingerprint density at radius 2 is 1.65 bits per heavy atom. The number of hydrogen-bond acceptors (Lipinski definition) is 2. The summed E-state index contributed by atoms with van der Waals surface area (Å²) in [6, 6.07) is -3.18. The fourth-order valence-electron chi connectivity index (χ4n) is 2.04. The van der Waals surface area contributed by atoms with Gasteiger partial charge >= 0.3 is 18.3 Å². The molecule has 10 heteroatoms. The van der Waals surface area contributed by atoms with Crippen molar-refractivity contribution in [2.45, 2.75) is 44.2 Å². The Kier molecular flexibility index (Phi) is 4.55. The molecule has 0 aromatic carbocycles. The first-order valence-corrected chi connectivity index (χ1v) is 5.64. The minimum atomic E-state index is -5.11. The molecular weight excluding hydrogens is 294 g/mol. The van der Waals surface area contributed by atoms with E-state index in [1.165, 1.54) is 0 Å². The van der Waals surface area contributed by atoms with Gasteiger partial charge < -0.3 is 10.2 Å². The van der Waals surface area contributed by atoms with Crippen molar-refractivity contribution in [1.29, 1.82) is 0 Å². The predicted octanol–water partition coefficient (Wildman–Crippen LogP) is 1.61. The van der Waals surface area contributed by atoms with E-state index in [0.29, 0.717) is 4.90 Å². The lowest BCUT2D eigenvalue weighted by Crippen LogP contribution is -2.58. The highest BCUT2D eigenvalue weighted by Gasteiger charge is 2.48. The Morgan fingerprint density at radius 1 is 1.10 bits per heavy atom. The molecule has 0 saturated carbocycles. The van der Waals surface area contributed by atoms with Crippen LogP contribution in [0, 0.1) is 0 Å². The van der Waals surface area contributed by atoms with Crippen molar-refractivity contribution in [2.24, 2.45) is 0 Å². The third-order valence-corrected chi connectivity index (χ3v) is 2.96. The fourth-order valence-corrected chi connectivity index (χ4v) is 2.04. The van der Waals surface area contributed by atoms with Gasteiger partial charge in [-0.3, -0.25) is 9.59 Å². The summed E-state index contributed by atoms with van der Waals surface area (Å²) in [4.78, 5) is 22.3. The van der Waals surface area contributed by atoms with Gasteiger partial charge in [0.2, 0.25) is 5.91 Å². The molecular formula is C10H12F6N2O2. The Labute approximate surface area is 110 Å².